The molecule has 0 aromatic carbocycles. The van der Waals surface area contributed by atoms with E-state index in [0.29, 0.717) is 6.04 Å². The zero-order valence-corrected chi connectivity index (χ0v) is 10.9. The Kier molecular flexibility index (Phi) is 7.54. The van der Waals surface area contributed by atoms with Crippen molar-refractivity contribution in [3.63, 3.8) is 0 Å². The third-order valence-electron chi connectivity index (χ3n) is 2.10. The van der Waals surface area contributed by atoms with Crippen LogP contribution in [0.1, 0.15) is 34.1 Å². The highest BCUT2D eigenvalue weighted by atomic mass is 127. The summed E-state index contributed by atoms with van der Waals surface area (Å²) < 4.78 is 1.22. The summed E-state index contributed by atoms with van der Waals surface area (Å²) in [5.74, 6) is 1.58. The summed E-state index contributed by atoms with van der Waals surface area (Å²) in [4.78, 5) is 0. The van der Waals surface area contributed by atoms with E-state index in [0.717, 1.165) is 11.8 Å². The Labute approximate surface area is 90.8 Å². The molecule has 1 N–H and O–H groups in total. The molecule has 0 aliphatic heterocycles. The summed E-state index contributed by atoms with van der Waals surface area (Å²) in [6.07, 6.45) is 1.29. The number of halogens is 1. The molecule has 0 fully saturated rings. The van der Waals surface area contributed by atoms with E-state index in [9.17, 15) is 0 Å². The van der Waals surface area contributed by atoms with Gasteiger partial charge in [-0.3, -0.25) is 0 Å². The molecule has 0 saturated heterocycles. The van der Waals surface area contributed by atoms with Crippen molar-refractivity contribution >= 4 is 22.6 Å². The summed E-state index contributed by atoms with van der Waals surface area (Å²) in [6, 6.07) is 0.698. The minimum atomic E-state index is 0.698. The Morgan fingerprint density at radius 1 is 1.17 bits per heavy atom. The van der Waals surface area contributed by atoms with Crippen LogP contribution >= 0.6 is 22.6 Å². The van der Waals surface area contributed by atoms with E-state index in [-0.39, 0.29) is 0 Å². The highest BCUT2D eigenvalue weighted by Gasteiger charge is 2.09. The van der Waals surface area contributed by atoms with Gasteiger partial charge in [0.2, 0.25) is 0 Å². The molecule has 2 heteroatoms. The lowest BCUT2D eigenvalue weighted by Gasteiger charge is -2.20. The van der Waals surface area contributed by atoms with Gasteiger partial charge in [0.1, 0.15) is 0 Å². The van der Waals surface area contributed by atoms with E-state index in [1.54, 1.807) is 0 Å². The van der Waals surface area contributed by atoms with Crippen LogP contribution in [0.3, 0.4) is 0 Å². The highest BCUT2D eigenvalue weighted by molar-refractivity contribution is 14.1. The molecule has 1 unspecified atom stereocenters. The molecule has 0 spiro atoms. The van der Waals surface area contributed by atoms with Crippen LogP contribution in [0.2, 0.25) is 0 Å². The second kappa shape index (κ2) is 7.13. The molecule has 0 saturated carbocycles. The summed E-state index contributed by atoms with van der Waals surface area (Å²) in [6.45, 7) is 10.3. The lowest BCUT2D eigenvalue weighted by atomic mass is 10.1. The molecule has 0 aliphatic rings. The lowest BCUT2D eigenvalue weighted by molar-refractivity contribution is 0.416. The summed E-state index contributed by atoms with van der Waals surface area (Å²) in [7, 11) is 0. The molecule has 0 radical (unpaired) electrons. The SMILES string of the molecule is CC(C)CCNC(CI)C(C)C. The van der Waals surface area contributed by atoms with Gasteiger partial charge >= 0.3 is 0 Å². The van der Waals surface area contributed by atoms with E-state index < -0.39 is 0 Å². The van der Waals surface area contributed by atoms with E-state index in [1.165, 1.54) is 17.4 Å². The molecule has 0 aromatic rings. The topological polar surface area (TPSA) is 12.0 Å². The number of hydrogen-bond acceptors (Lipinski definition) is 1. The standard InChI is InChI=1S/C10H22IN/c1-8(2)5-6-12-10(7-11)9(3)4/h8-10,12H,5-7H2,1-4H3. The van der Waals surface area contributed by atoms with Crippen LogP contribution in [-0.4, -0.2) is 17.0 Å². The summed E-state index contributed by atoms with van der Waals surface area (Å²) in [5.41, 5.74) is 0. The summed E-state index contributed by atoms with van der Waals surface area (Å²) in [5, 5.41) is 3.59. The van der Waals surface area contributed by atoms with Crippen LogP contribution < -0.4 is 5.32 Å². The molecular formula is C10H22IN. The van der Waals surface area contributed by atoms with Gasteiger partial charge < -0.3 is 5.32 Å². The molecule has 0 aromatic heterocycles. The zero-order valence-electron chi connectivity index (χ0n) is 8.73. The van der Waals surface area contributed by atoms with Crippen molar-refractivity contribution in [3.05, 3.63) is 0 Å². The smallest absolute Gasteiger partial charge is 0.0180 e. The minimum Gasteiger partial charge on any atom is -0.313 e. The van der Waals surface area contributed by atoms with E-state index in [1.807, 2.05) is 0 Å². The molecule has 0 aliphatic carbocycles. The minimum absolute atomic E-state index is 0.698. The molecule has 0 rings (SSSR count). The number of nitrogens with one attached hydrogen (secondary N) is 1. The predicted octanol–water partition coefficient (Wildman–Crippen LogP) is 3.08. The van der Waals surface area contributed by atoms with Crippen LogP contribution in [0.15, 0.2) is 0 Å². The molecule has 0 heterocycles. The third kappa shape index (κ3) is 6.23. The molecule has 0 amide bonds. The lowest BCUT2D eigenvalue weighted by Crippen LogP contribution is -2.36. The van der Waals surface area contributed by atoms with Gasteiger partial charge in [-0.15, -0.1) is 0 Å². The van der Waals surface area contributed by atoms with Crippen molar-refractivity contribution in [2.45, 2.75) is 40.2 Å². The molecule has 1 atom stereocenters. The maximum Gasteiger partial charge on any atom is 0.0180 e. The number of hydrogen-bond donors (Lipinski definition) is 1. The summed E-state index contributed by atoms with van der Waals surface area (Å²) >= 11 is 2.46. The Balaban J connectivity index is 3.45. The first-order valence-electron chi connectivity index (χ1n) is 4.87. The largest absolute Gasteiger partial charge is 0.313 e. The number of alkyl halides is 1. The van der Waals surface area contributed by atoms with Gasteiger partial charge in [0.25, 0.3) is 0 Å². The molecular weight excluding hydrogens is 261 g/mol. The second-order valence-electron chi connectivity index (χ2n) is 4.14. The van der Waals surface area contributed by atoms with Gasteiger partial charge in [-0.1, -0.05) is 50.3 Å². The first-order valence-corrected chi connectivity index (χ1v) is 6.39. The van der Waals surface area contributed by atoms with Crippen LogP contribution in [0.4, 0.5) is 0 Å². The van der Waals surface area contributed by atoms with Crippen molar-refractivity contribution in [2.24, 2.45) is 11.8 Å². The third-order valence-corrected chi connectivity index (χ3v) is 3.05. The zero-order chi connectivity index (χ0) is 9.56. The van der Waals surface area contributed by atoms with Gasteiger partial charge in [0.05, 0.1) is 0 Å². The van der Waals surface area contributed by atoms with Crippen molar-refractivity contribution in [1.29, 1.82) is 0 Å². The van der Waals surface area contributed by atoms with Crippen molar-refractivity contribution in [2.75, 3.05) is 11.0 Å². The first-order chi connectivity index (χ1) is 5.57. The quantitative estimate of drug-likeness (QED) is 0.583. The molecule has 74 valence electrons. The van der Waals surface area contributed by atoms with Crippen LogP contribution in [-0.2, 0) is 0 Å². The number of rotatable bonds is 6. The molecule has 1 nitrogen and oxygen atoms in total. The van der Waals surface area contributed by atoms with Crippen molar-refractivity contribution in [1.82, 2.24) is 5.32 Å². The normalized spacial score (nSPS) is 14.2. The Morgan fingerprint density at radius 3 is 2.08 bits per heavy atom. The Hall–Kier alpha value is 0.690. The van der Waals surface area contributed by atoms with E-state index >= 15 is 0 Å². The van der Waals surface area contributed by atoms with Gasteiger partial charge in [-0.2, -0.15) is 0 Å². The molecule has 0 bridgehead atoms. The van der Waals surface area contributed by atoms with Crippen molar-refractivity contribution in [3.8, 4) is 0 Å². The van der Waals surface area contributed by atoms with Gasteiger partial charge in [-0.05, 0) is 24.8 Å². The van der Waals surface area contributed by atoms with Crippen LogP contribution in [0, 0.1) is 11.8 Å². The van der Waals surface area contributed by atoms with E-state index in [2.05, 4.69) is 55.6 Å². The Bertz CT molecular complexity index is 102. The fourth-order valence-corrected chi connectivity index (χ4v) is 2.35. The average Bonchev–Trinajstić information content (AvgIpc) is 1.96. The maximum absolute atomic E-state index is 3.59. The average molecular weight is 283 g/mol. The van der Waals surface area contributed by atoms with Gasteiger partial charge in [-0.25, -0.2) is 0 Å². The first kappa shape index (κ1) is 12.7. The second-order valence-corrected chi connectivity index (χ2v) is 5.02. The molecule has 12 heavy (non-hydrogen) atoms. The monoisotopic (exact) mass is 283 g/mol. The highest BCUT2D eigenvalue weighted by Crippen LogP contribution is 2.06. The van der Waals surface area contributed by atoms with Gasteiger partial charge in [0, 0.05) is 10.5 Å². The maximum atomic E-state index is 3.59. The fraction of sp³-hybridized carbons (Fsp3) is 1.00. The fourth-order valence-electron chi connectivity index (χ4n) is 1.03. The predicted molar refractivity (Wildman–Crippen MR) is 65.0 cm³/mol. The van der Waals surface area contributed by atoms with Crippen molar-refractivity contribution < 1.29 is 0 Å². The van der Waals surface area contributed by atoms with E-state index in [4.69, 9.17) is 0 Å². The Morgan fingerprint density at radius 2 is 1.75 bits per heavy atom. The van der Waals surface area contributed by atoms with Gasteiger partial charge in [0.15, 0.2) is 0 Å². The van der Waals surface area contributed by atoms with Crippen LogP contribution in [0.25, 0.3) is 0 Å². The van der Waals surface area contributed by atoms with Crippen LogP contribution in [0.5, 0.6) is 0 Å².